The van der Waals surface area contributed by atoms with Gasteiger partial charge in [0.15, 0.2) is 0 Å². The largest absolute Gasteiger partial charge is 0.358 e. The molecule has 0 bridgehead atoms. The average molecular weight is 318 g/mol. The summed E-state index contributed by atoms with van der Waals surface area (Å²) in [5.74, 6) is 0.145. The number of aromatic amines is 1. The van der Waals surface area contributed by atoms with Crippen molar-refractivity contribution in [2.24, 2.45) is 0 Å². The van der Waals surface area contributed by atoms with Crippen molar-refractivity contribution in [1.29, 1.82) is 0 Å². The van der Waals surface area contributed by atoms with Gasteiger partial charge in [0.25, 0.3) is 0 Å². The van der Waals surface area contributed by atoms with E-state index in [4.69, 9.17) is 0 Å². The molecule has 1 heterocycles. The number of amides is 1. The summed E-state index contributed by atoms with van der Waals surface area (Å²) < 4.78 is 0. The molecule has 2 aromatic carbocycles. The maximum Gasteiger partial charge on any atom is 0.231 e. The summed E-state index contributed by atoms with van der Waals surface area (Å²) in [7, 11) is 0. The van der Waals surface area contributed by atoms with Crippen LogP contribution in [-0.2, 0) is 10.2 Å². The summed E-state index contributed by atoms with van der Waals surface area (Å²) in [6.45, 7) is 4.12. The molecule has 1 aromatic heterocycles. The number of para-hydroxylation sites is 1. The molecule has 1 aliphatic carbocycles. The summed E-state index contributed by atoms with van der Waals surface area (Å²) >= 11 is 0. The Kier molecular flexibility index (Phi) is 3.45. The van der Waals surface area contributed by atoms with E-state index in [-0.39, 0.29) is 17.4 Å². The summed E-state index contributed by atoms with van der Waals surface area (Å²) in [4.78, 5) is 16.5. The standard InChI is InChI=1S/C21H22N2O/c1-14(16-8-4-3-5-9-16)23-20(24)21(12-13-21)19-15(2)22-18-11-7-6-10-17(18)19/h3-11,14,22H,12-13H2,1-2H3,(H,23,24). The predicted octanol–water partition coefficient (Wildman–Crippen LogP) is 4.39. The molecule has 3 nitrogen and oxygen atoms in total. The highest BCUT2D eigenvalue weighted by molar-refractivity contribution is 5.98. The smallest absolute Gasteiger partial charge is 0.231 e. The Hall–Kier alpha value is -2.55. The van der Waals surface area contributed by atoms with Crippen molar-refractivity contribution in [3.05, 3.63) is 71.4 Å². The molecule has 0 saturated heterocycles. The second kappa shape index (κ2) is 5.52. The SMILES string of the molecule is Cc1[nH]c2ccccc2c1C1(C(=O)NC(C)c2ccccc2)CC1. The first-order chi connectivity index (χ1) is 11.6. The second-order valence-electron chi connectivity index (χ2n) is 6.86. The first-order valence-corrected chi connectivity index (χ1v) is 8.55. The number of aryl methyl sites for hydroxylation is 1. The van der Waals surface area contributed by atoms with Crippen molar-refractivity contribution in [3.8, 4) is 0 Å². The van der Waals surface area contributed by atoms with Gasteiger partial charge in [-0.2, -0.15) is 0 Å². The number of H-pyrrole nitrogens is 1. The van der Waals surface area contributed by atoms with Crippen LogP contribution in [0, 0.1) is 6.92 Å². The van der Waals surface area contributed by atoms with E-state index in [1.54, 1.807) is 0 Å². The van der Waals surface area contributed by atoms with Gasteiger partial charge in [0.05, 0.1) is 11.5 Å². The van der Waals surface area contributed by atoms with Crippen LogP contribution in [0.25, 0.3) is 10.9 Å². The Labute approximate surface area is 142 Å². The Morgan fingerprint density at radius 2 is 1.75 bits per heavy atom. The third kappa shape index (κ3) is 2.32. The zero-order valence-electron chi connectivity index (χ0n) is 14.1. The monoisotopic (exact) mass is 318 g/mol. The molecule has 1 unspecified atom stereocenters. The number of hydrogen-bond acceptors (Lipinski definition) is 1. The zero-order valence-corrected chi connectivity index (χ0v) is 14.1. The van der Waals surface area contributed by atoms with E-state index < -0.39 is 0 Å². The van der Waals surface area contributed by atoms with E-state index in [1.807, 2.05) is 37.3 Å². The van der Waals surface area contributed by atoms with Crippen LogP contribution in [0.2, 0.25) is 0 Å². The average Bonchev–Trinajstić information content (AvgIpc) is 3.32. The van der Waals surface area contributed by atoms with Gasteiger partial charge in [-0.3, -0.25) is 4.79 Å². The van der Waals surface area contributed by atoms with Crippen LogP contribution < -0.4 is 5.32 Å². The lowest BCUT2D eigenvalue weighted by Crippen LogP contribution is -2.36. The molecule has 1 saturated carbocycles. The first-order valence-electron chi connectivity index (χ1n) is 8.55. The van der Waals surface area contributed by atoms with E-state index in [0.29, 0.717) is 0 Å². The maximum atomic E-state index is 13.1. The zero-order chi connectivity index (χ0) is 16.7. The fourth-order valence-electron chi connectivity index (χ4n) is 3.77. The van der Waals surface area contributed by atoms with Crippen molar-refractivity contribution in [2.75, 3.05) is 0 Å². The Bertz CT molecular complexity index is 891. The van der Waals surface area contributed by atoms with Crippen molar-refractivity contribution in [1.82, 2.24) is 10.3 Å². The number of carbonyl (C=O) groups excluding carboxylic acids is 1. The molecule has 0 aliphatic heterocycles. The summed E-state index contributed by atoms with van der Waals surface area (Å²) in [6, 6.07) is 18.4. The summed E-state index contributed by atoms with van der Waals surface area (Å²) in [5, 5.41) is 4.40. The van der Waals surface area contributed by atoms with Crippen molar-refractivity contribution < 1.29 is 4.79 Å². The molecule has 2 N–H and O–H groups in total. The summed E-state index contributed by atoms with van der Waals surface area (Å²) in [5.41, 5.74) is 4.16. The lowest BCUT2D eigenvalue weighted by molar-refractivity contribution is -0.124. The number of carbonyl (C=O) groups is 1. The van der Waals surface area contributed by atoms with Crippen molar-refractivity contribution in [2.45, 2.75) is 38.1 Å². The number of hydrogen-bond donors (Lipinski definition) is 2. The van der Waals surface area contributed by atoms with Crippen LogP contribution in [0.1, 0.15) is 42.6 Å². The molecular weight excluding hydrogens is 296 g/mol. The highest BCUT2D eigenvalue weighted by Gasteiger charge is 2.53. The highest BCUT2D eigenvalue weighted by atomic mass is 16.2. The molecule has 3 heteroatoms. The van der Waals surface area contributed by atoms with Gasteiger partial charge in [0.2, 0.25) is 5.91 Å². The second-order valence-corrected chi connectivity index (χ2v) is 6.86. The van der Waals surface area contributed by atoms with Gasteiger partial charge >= 0.3 is 0 Å². The maximum absolute atomic E-state index is 13.1. The van der Waals surface area contributed by atoms with E-state index in [9.17, 15) is 4.79 Å². The predicted molar refractivity (Wildman–Crippen MR) is 96.9 cm³/mol. The van der Waals surface area contributed by atoms with Gasteiger partial charge in [-0.05, 0) is 43.9 Å². The quantitative estimate of drug-likeness (QED) is 0.736. The van der Waals surface area contributed by atoms with Crippen LogP contribution >= 0.6 is 0 Å². The van der Waals surface area contributed by atoms with Crippen molar-refractivity contribution in [3.63, 3.8) is 0 Å². The van der Waals surface area contributed by atoms with Crippen LogP contribution in [0.15, 0.2) is 54.6 Å². The lowest BCUT2D eigenvalue weighted by Gasteiger charge is -2.20. The van der Waals surface area contributed by atoms with E-state index in [2.05, 4.69) is 41.5 Å². The number of rotatable bonds is 4. The molecule has 1 fully saturated rings. The fourth-order valence-corrected chi connectivity index (χ4v) is 3.77. The van der Waals surface area contributed by atoms with Crippen LogP contribution in [0.5, 0.6) is 0 Å². The Morgan fingerprint density at radius 1 is 1.08 bits per heavy atom. The third-order valence-electron chi connectivity index (χ3n) is 5.20. The Balaban J connectivity index is 1.65. The number of nitrogens with one attached hydrogen (secondary N) is 2. The number of benzene rings is 2. The minimum absolute atomic E-state index is 0.0155. The fraction of sp³-hybridized carbons (Fsp3) is 0.286. The molecule has 1 amide bonds. The van der Waals surface area contributed by atoms with Gasteiger partial charge in [0.1, 0.15) is 0 Å². The molecule has 24 heavy (non-hydrogen) atoms. The van der Waals surface area contributed by atoms with Crippen LogP contribution in [0.3, 0.4) is 0 Å². The van der Waals surface area contributed by atoms with Gasteiger partial charge in [-0.25, -0.2) is 0 Å². The van der Waals surface area contributed by atoms with Gasteiger partial charge in [-0.1, -0.05) is 48.5 Å². The van der Waals surface area contributed by atoms with E-state index >= 15 is 0 Å². The highest BCUT2D eigenvalue weighted by Crippen LogP contribution is 2.52. The molecule has 122 valence electrons. The molecular formula is C21H22N2O. The van der Waals surface area contributed by atoms with Crippen LogP contribution in [0.4, 0.5) is 0 Å². The van der Waals surface area contributed by atoms with Crippen LogP contribution in [-0.4, -0.2) is 10.9 Å². The molecule has 1 aliphatic rings. The number of aromatic nitrogens is 1. The molecule has 0 radical (unpaired) electrons. The Morgan fingerprint density at radius 3 is 2.46 bits per heavy atom. The first kappa shape index (κ1) is 15.0. The topological polar surface area (TPSA) is 44.9 Å². The molecule has 4 rings (SSSR count). The third-order valence-corrected chi connectivity index (χ3v) is 5.20. The molecule has 1 atom stereocenters. The van der Waals surface area contributed by atoms with Gasteiger partial charge in [0, 0.05) is 16.6 Å². The lowest BCUT2D eigenvalue weighted by atomic mass is 9.91. The minimum atomic E-state index is -0.368. The molecule has 3 aromatic rings. The minimum Gasteiger partial charge on any atom is -0.358 e. The van der Waals surface area contributed by atoms with Crippen molar-refractivity contribution >= 4 is 16.8 Å². The number of fused-ring (bicyclic) bond motifs is 1. The van der Waals surface area contributed by atoms with E-state index in [0.717, 1.165) is 29.6 Å². The van der Waals surface area contributed by atoms with Gasteiger partial charge in [-0.15, -0.1) is 0 Å². The summed E-state index contributed by atoms with van der Waals surface area (Å²) in [6.07, 6.45) is 1.84. The normalized spacial score (nSPS) is 16.8. The van der Waals surface area contributed by atoms with E-state index in [1.165, 1.54) is 10.9 Å². The van der Waals surface area contributed by atoms with Gasteiger partial charge < -0.3 is 10.3 Å². The molecule has 0 spiro atoms.